The van der Waals surface area contributed by atoms with E-state index in [1.54, 1.807) is 12.1 Å². The van der Waals surface area contributed by atoms with Gasteiger partial charge in [-0.15, -0.1) is 0 Å². The van der Waals surface area contributed by atoms with E-state index in [0.29, 0.717) is 17.5 Å². The van der Waals surface area contributed by atoms with E-state index in [1.807, 2.05) is 0 Å². The molecule has 5 atom stereocenters. The number of aliphatic hydroxyl groups excluding tert-OH is 1. The number of amides is 4. The number of phenols is 2. The molecule has 0 bridgehead atoms. The lowest BCUT2D eigenvalue weighted by atomic mass is 10.0. The number of carboxylic acids is 2. The molecule has 0 radical (unpaired) electrons. The standard InChI is InChI=1S/C30H37N5O11/c31-20(15-36)26(41)33-22(13-17-5-9-19(38)10-6-17)29(44)35-11-1-2-24(35)28(43)32-21(12-16-3-7-18(37)8-4-16)27(42)34-23(30(45)46)14-25(39)40/h3-10,20-24,36-38H,1-2,11-15,31H2,(H,32,43)(H,33,41)(H,34,42)(H,39,40)(H,45,46)/t20-,21-,22-,23-,24-/m0/s1. The molecule has 1 aliphatic rings. The lowest BCUT2D eigenvalue weighted by Gasteiger charge is -2.30. The van der Waals surface area contributed by atoms with Gasteiger partial charge in [0.25, 0.3) is 0 Å². The SMILES string of the molecule is N[C@@H](CO)C(=O)N[C@@H](Cc1ccc(O)cc1)C(=O)N1CCC[C@H]1C(=O)N[C@@H](Cc1ccc(O)cc1)C(=O)N[C@@H](CC(=O)O)C(=O)O. The number of aliphatic hydroxyl groups is 1. The summed E-state index contributed by atoms with van der Waals surface area (Å²) in [6, 6.07) is 4.72. The third-order valence-electron chi connectivity index (χ3n) is 7.37. The van der Waals surface area contributed by atoms with Crippen LogP contribution >= 0.6 is 0 Å². The van der Waals surface area contributed by atoms with Crippen molar-refractivity contribution in [2.24, 2.45) is 5.73 Å². The number of aromatic hydroxyl groups is 2. The second-order valence-electron chi connectivity index (χ2n) is 10.8. The number of likely N-dealkylation sites (tertiary alicyclic amines) is 1. The van der Waals surface area contributed by atoms with Crippen molar-refractivity contribution in [2.75, 3.05) is 13.2 Å². The molecule has 0 saturated carbocycles. The summed E-state index contributed by atoms with van der Waals surface area (Å²) >= 11 is 0. The fraction of sp³-hybridized carbons (Fsp3) is 0.400. The van der Waals surface area contributed by atoms with Crippen molar-refractivity contribution in [1.82, 2.24) is 20.9 Å². The monoisotopic (exact) mass is 643 g/mol. The molecule has 2 aromatic carbocycles. The summed E-state index contributed by atoms with van der Waals surface area (Å²) in [7, 11) is 0. The molecule has 0 aromatic heterocycles. The highest BCUT2D eigenvalue weighted by Crippen LogP contribution is 2.21. The minimum absolute atomic E-state index is 0.0160. The Balaban J connectivity index is 1.84. The summed E-state index contributed by atoms with van der Waals surface area (Å²) < 4.78 is 0. The molecule has 248 valence electrons. The van der Waals surface area contributed by atoms with Crippen LogP contribution in [0, 0.1) is 0 Å². The summed E-state index contributed by atoms with van der Waals surface area (Å²) in [6.45, 7) is -0.556. The number of nitrogens with one attached hydrogen (secondary N) is 3. The molecule has 4 amide bonds. The predicted octanol–water partition coefficient (Wildman–Crippen LogP) is -1.79. The largest absolute Gasteiger partial charge is 0.508 e. The smallest absolute Gasteiger partial charge is 0.326 e. The van der Waals surface area contributed by atoms with E-state index < -0.39 is 78.8 Å². The number of hydrogen-bond acceptors (Lipinski definition) is 10. The number of aliphatic carboxylic acids is 2. The Hall–Kier alpha value is -5.22. The summed E-state index contributed by atoms with van der Waals surface area (Å²) in [6.07, 6.45) is -0.539. The number of carbonyl (C=O) groups is 6. The molecule has 16 heteroatoms. The van der Waals surface area contributed by atoms with Gasteiger partial charge < -0.3 is 52.1 Å². The molecule has 0 aliphatic carbocycles. The molecule has 3 rings (SSSR count). The van der Waals surface area contributed by atoms with Gasteiger partial charge in [-0.25, -0.2) is 4.79 Å². The van der Waals surface area contributed by atoms with Gasteiger partial charge in [0.1, 0.15) is 41.7 Å². The highest BCUT2D eigenvalue weighted by Gasteiger charge is 2.39. The zero-order chi connectivity index (χ0) is 34.0. The van der Waals surface area contributed by atoms with Crippen molar-refractivity contribution in [2.45, 2.75) is 62.3 Å². The first-order valence-corrected chi connectivity index (χ1v) is 14.4. The molecular formula is C30H37N5O11. The maximum Gasteiger partial charge on any atom is 0.326 e. The third-order valence-corrected chi connectivity index (χ3v) is 7.37. The molecule has 1 aliphatic heterocycles. The average Bonchev–Trinajstić information content (AvgIpc) is 3.51. The first kappa shape index (κ1) is 35.3. The van der Waals surface area contributed by atoms with Crippen molar-refractivity contribution in [3.8, 4) is 11.5 Å². The number of hydrogen-bond donors (Lipinski definition) is 9. The van der Waals surface area contributed by atoms with Gasteiger partial charge in [0.15, 0.2) is 0 Å². The number of rotatable bonds is 15. The van der Waals surface area contributed by atoms with Gasteiger partial charge in [0.2, 0.25) is 23.6 Å². The van der Waals surface area contributed by atoms with Crippen LogP contribution in [0.4, 0.5) is 0 Å². The van der Waals surface area contributed by atoms with Gasteiger partial charge in [0.05, 0.1) is 13.0 Å². The minimum Gasteiger partial charge on any atom is -0.508 e. The molecule has 1 saturated heterocycles. The van der Waals surface area contributed by atoms with Gasteiger partial charge in [-0.05, 0) is 48.2 Å². The van der Waals surface area contributed by atoms with Crippen LogP contribution in [0.2, 0.25) is 0 Å². The molecule has 10 N–H and O–H groups in total. The Morgan fingerprint density at radius 3 is 1.80 bits per heavy atom. The van der Waals surface area contributed by atoms with Crippen LogP contribution in [0.15, 0.2) is 48.5 Å². The van der Waals surface area contributed by atoms with Crippen molar-refractivity contribution in [3.05, 3.63) is 59.7 Å². The van der Waals surface area contributed by atoms with Gasteiger partial charge in [-0.3, -0.25) is 24.0 Å². The summed E-state index contributed by atoms with van der Waals surface area (Å²) in [5.74, 6) is -6.33. The maximum absolute atomic E-state index is 13.8. The highest BCUT2D eigenvalue weighted by atomic mass is 16.4. The molecule has 16 nitrogen and oxygen atoms in total. The van der Waals surface area contributed by atoms with Crippen molar-refractivity contribution in [3.63, 3.8) is 0 Å². The number of nitrogens with two attached hydrogens (primary N) is 1. The van der Waals surface area contributed by atoms with Gasteiger partial charge in [-0.2, -0.15) is 0 Å². The van der Waals surface area contributed by atoms with E-state index in [0.717, 1.165) is 0 Å². The van der Waals surface area contributed by atoms with E-state index in [4.69, 9.17) is 10.8 Å². The van der Waals surface area contributed by atoms with Crippen LogP contribution in [0.5, 0.6) is 11.5 Å². The first-order valence-electron chi connectivity index (χ1n) is 14.4. The lowest BCUT2D eigenvalue weighted by molar-refractivity contribution is -0.147. The summed E-state index contributed by atoms with van der Waals surface area (Å²) in [5.41, 5.74) is 6.67. The molecule has 0 spiro atoms. The van der Waals surface area contributed by atoms with Crippen LogP contribution in [0.3, 0.4) is 0 Å². The molecular weight excluding hydrogens is 606 g/mol. The number of carbonyl (C=O) groups excluding carboxylic acids is 4. The second-order valence-corrected chi connectivity index (χ2v) is 10.8. The second kappa shape index (κ2) is 16.2. The third kappa shape index (κ3) is 9.90. The fourth-order valence-corrected chi connectivity index (χ4v) is 4.92. The van der Waals surface area contributed by atoms with E-state index in [1.165, 1.54) is 41.3 Å². The first-order chi connectivity index (χ1) is 21.8. The fourth-order valence-electron chi connectivity index (χ4n) is 4.92. The predicted molar refractivity (Wildman–Crippen MR) is 159 cm³/mol. The normalized spacial score (nSPS) is 16.8. The van der Waals surface area contributed by atoms with Crippen LogP contribution in [0.25, 0.3) is 0 Å². The summed E-state index contributed by atoms with van der Waals surface area (Å²) in [5, 5.41) is 54.2. The number of phenolic OH excluding ortho intramolecular Hbond substituents is 2. The van der Waals surface area contributed by atoms with Crippen LogP contribution in [-0.4, -0.2) is 109 Å². The van der Waals surface area contributed by atoms with Crippen LogP contribution < -0.4 is 21.7 Å². The molecule has 1 heterocycles. The Bertz CT molecular complexity index is 1420. The number of carboxylic acid groups (broad SMARTS) is 2. The van der Waals surface area contributed by atoms with Crippen molar-refractivity contribution < 1.29 is 54.3 Å². The highest BCUT2D eigenvalue weighted by molar-refractivity contribution is 5.96. The van der Waals surface area contributed by atoms with E-state index in [-0.39, 0.29) is 37.3 Å². The van der Waals surface area contributed by atoms with E-state index in [9.17, 15) is 49.2 Å². The van der Waals surface area contributed by atoms with Crippen molar-refractivity contribution >= 4 is 35.6 Å². The molecule has 2 aromatic rings. The van der Waals surface area contributed by atoms with Crippen LogP contribution in [-0.2, 0) is 41.6 Å². The zero-order valence-electron chi connectivity index (χ0n) is 24.7. The number of nitrogens with zero attached hydrogens (tertiary/aromatic N) is 1. The molecule has 1 fully saturated rings. The van der Waals surface area contributed by atoms with Gasteiger partial charge in [0, 0.05) is 19.4 Å². The molecule has 46 heavy (non-hydrogen) atoms. The quantitative estimate of drug-likeness (QED) is 0.104. The maximum atomic E-state index is 13.8. The van der Waals surface area contributed by atoms with Gasteiger partial charge >= 0.3 is 11.9 Å². The Labute approximate surface area is 263 Å². The summed E-state index contributed by atoms with van der Waals surface area (Å²) in [4.78, 5) is 77.2. The van der Waals surface area contributed by atoms with E-state index in [2.05, 4.69) is 16.0 Å². The van der Waals surface area contributed by atoms with Gasteiger partial charge in [-0.1, -0.05) is 24.3 Å². The van der Waals surface area contributed by atoms with E-state index >= 15 is 0 Å². The topological polar surface area (TPSA) is 269 Å². The number of benzene rings is 2. The average molecular weight is 644 g/mol. The molecule has 0 unspecified atom stereocenters. The van der Waals surface area contributed by atoms with Crippen LogP contribution in [0.1, 0.15) is 30.4 Å². The zero-order valence-corrected chi connectivity index (χ0v) is 24.7. The minimum atomic E-state index is -1.79. The lowest BCUT2D eigenvalue weighted by Crippen LogP contribution is -2.59. The Kier molecular flexibility index (Phi) is 12.4. The van der Waals surface area contributed by atoms with Crippen molar-refractivity contribution in [1.29, 1.82) is 0 Å². The Morgan fingerprint density at radius 1 is 0.783 bits per heavy atom. The Morgan fingerprint density at radius 2 is 1.30 bits per heavy atom.